The van der Waals surface area contributed by atoms with Crippen molar-refractivity contribution in [1.29, 1.82) is 0 Å². The molecule has 1 saturated carbocycles. The number of nitrogens with one attached hydrogen (secondary N) is 1. The lowest BCUT2D eigenvalue weighted by Crippen LogP contribution is -2.29. The summed E-state index contributed by atoms with van der Waals surface area (Å²) >= 11 is 0. The highest BCUT2D eigenvalue weighted by Crippen LogP contribution is 2.28. The van der Waals surface area contributed by atoms with Crippen molar-refractivity contribution in [2.24, 2.45) is 11.8 Å². The Morgan fingerprint density at radius 1 is 1.11 bits per heavy atom. The van der Waals surface area contributed by atoms with Crippen molar-refractivity contribution in [3.8, 4) is 0 Å². The molecule has 0 spiro atoms. The van der Waals surface area contributed by atoms with Gasteiger partial charge in [0.05, 0.1) is 0 Å². The van der Waals surface area contributed by atoms with E-state index in [-0.39, 0.29) is 0 Å². The molecule has 1 aliphatic rings. The molecule has 1 aromatic rings. The smallest absolute Gasteiger partial charge is 0.0320 e. The van der Waals surface area contributed by atoms with Gasteiger partial charge < -0.3 is 5.32 Å². The normalized spacial score (nSPS) is 25.2. The van der Waals surface area contributed by atoms with Crippen LogP contribution in [-0.4, -0.2) is 6.54 Å². The predicted octanol–water partition coefficient (Wildman–Crippen LogP) is 4.94. The summed E-state index contributed by atoms with van der Waals surface area (Å²) in [6.45, 7) is 5.87. The standard InChI is InChI=1S/C18H29N/c1-3-7-18(17-8-5-4-6-9-17)19-14-16-12-10-15(2)11-13-16/h4-6,8-9,15-16,18-19H,3,7,10-14H2,1-2H3. The van der Waals surface area contributed by atoms with Gasteiger partial charge in [-0.2, -0.15) is 0 Å². The van der Waals surface area contributed by atoms with Crippen LogP contribution < -0.4 is 5.32 Å². The average molecular weight is 259 g/mol. The summed E-state index contributed by atoms with van der Waals surface area (Å²) in [7, 11) is 0. The molecule has 1 nitrogen and oxygen atoms in total. The molecule has 0 bridgehead atoms. The zero-order valence-electron chi connectivity index (χ0n) is 12.6. The predicted molar refractivity (Wildman–Crippen MR) is 83.2 cm³/mol. The molecule has 1 unspecified atom stereocenters. The summed E-state index contributed by atoms with van der Waals surface area (Å²) in [5.41, 5.74) is 1.45. The minimum atomic E-state index is 0.547. The lowest BCUT2D eigenvalue weighted by Gasteiger charge is -2.28. The van der Waals surface area contributed by atoms with E-state index in [1.807, 2.05) is 0 Å². The Labute approximate surface area is 118 Å². The van der Waals surface area contributed by atoms with Crippen molar-refractivity contribution in [2.75, 3.05) is 6.54 Å². The third kappa shape index (κ3) is 4.65. The average Bonchev–Trinajstić information content (AvgIpc) is 2.46. The molecule has 0 aromatic heterocycles. The van der Waals surface area contributed by atoms with Crippen LogP contribution >= 0.6 is 0 Å². The molecule has 1 aromatic carbocycles. The van der Waals surface area contributed by atoms with Gasteiger partial charge in [0.25, 0.3) is 0 Å². The summed E-state index contributed by atoms with van der Waals surface area (Å²) in [4.78, 5) is 0. The summed E-state index contributed by atoms with van der Waals surface area (Å²) < 4.78 is 0. The SMILES string of the molecule is CCCC(NCC1CCC(C)CC1)c1ccccc1. The Bertz CT molecular complexity index is 338. The molecular formula is C18H29N. The first-order chi connectivity index (χ1) is 9.29. The number of rotatable bonds is 6. The quantitative estimate of drug-likeness (QED) is 0.762. The summed E-state index contributed by atoms with van der Waals surface area (Å²) in [6, 6.07) is 11.5. The minimum absolute atomic E-state index is 0.547. The first-order valence-corrected chi connectivity index (χ1v) is 8.08. The number of hydrogen-bond donors (Lipinski definition) is 1. The molecule has 19 heavy (non-hydrogen) atoms. The molecule has 2 rings (SSSR count). The maximum absolute atomic E-state index is 3.82. The Morgan fingerprint density at radius 2 is 1.79 bits per heavy atom. The van der Waals surface area contributed by atoms with E-state index in [1.54, 1.807) is 0 Å². The monoisotopic (exact) mass is 259 g/mol. The molecular weight excluding hydrogens is 230 g/mol. The van der Waals surface area contributed by atoms with Crippen molar-refractivity contribution in [3.63, 3.8) is 0 Å². The molecule has 0 amide bonds. The zero-order chi connectivity index (χ0) is 13.5. The van der Waals surface area contributed by atoms with Crippen molar-refractivity contribution in [2.45, 2.75) is 58.4 Å². The second-order valence-electron chi connectivity index (χ2n) is 6.29. The number of benzene rings is 1. The van der Waals surface area contributed by atoms with E-state index in [0.29, 0.717) is 6.04 Å². The van der Waals surface area contributed by atoms with Gasteiger partial charge in [0.2, 0.25) is 0 Å². The molecule has 106 valence electrons. The topological polar surface area (TPSA) is 12.0 Å². The molecule has 1 heteroatoms. The van der Waals surface area contributed by atoms with Gasteiger partial charge in [0.1, 0.15) is 0 Å². The minimum Gasteiger partial charge on any atom is -0.310 e. The first-order valence-electron chi connectivity index (χ1n) is 8.08. The van der Waals surface area contributed by atoms with Crippen LogP contribution in [0, 0.1) is 11.8 Å². The molecule has 0 heterocycles. The van der Waals surface area contributed by atoms with Gasteiger partial charge in [-0.05, 0) is 43.2 Å². The van der Waals surface area contributed by atoms with Gasteiger partial charge in [-0.25, -0.2) is 0 Å². The zero-order valence-corrected chi connectivity index (χ0v) is 12.6. The van der Waals surface area contributed by atoms with Crippen molar-refractivity contribution < 1.29 is 0 Å². The Hall–Kier alpha value is -0.820. The second-order valence-corrected chi connectivity index (χ2v) is 6.29. The molecule has 0 radical (unpaired) electrons. The van der Waals surface area contributed by atoms with E-state index in [9.17, 15) is 0 Å². The summed E-state index contributed by atoms with van der Waals surface area (Å²) in [5.74, 6) is 1.86. The van der Waals surface area contributed by atoms with Crippen LogP contribution in [0.15, 0.2) is 30.3 Å². The van der Waals surface area contributed by atoms with Crippen molar-refractivity contribution in [1.82, 2.24) is 5.32 Å². The number of hydrogen-bond acceptors (Lipinski definition) is 1. The third-order valence-electron chi connectivity index (χ3n) is 4.57. The fourth-order valence-electron chi connectivity index (χ4n) is 3.20. The lowest BCUT2D eigenvalue weighted by molar-refractivity contribution is 0.272. The summed E-state index contributed by atoms with van der Waals surface area (Å²) in [5, 5.41) is 3.82. The Morgan fingerprint density at radius 3 is 2.42 bits per heavy atom. The fourth-order valence-corrected chi connectivity index (χ4v) is 3.20. The van der Waals surface area contributed by atoms with E-state index < -0.39 is 0 Å². The molecule has 0 saturated heterocycles. The highest BCUT2D eigenvalue weighted by molar-refractivity contribution is 5.18. The fraction of sp³-hybridized carbons (Fsp3) is 0.667. The van der Waals surface area contributed by atoms with Crippen LogP contribution in [0.1, 0.15) is 64.0 Å². The van der Waals surface area contributed by atoms with Crippen LogP contribution in [0.25, 0.3) is 0 Å². The Balaban J connectivity index is 1.84. The van der Waals surface area contributed by atoms with E-state index in [2.05, 4.69) is 49.5 Å². The molecule has 1 aliphatic carbocycles. The van der Waals surface area contributed by atoms with E-state index >= 15 is 0 Å². The van der Waals surface area contributed by atoms with E-state index in [4.69, 9.17) is 0 Å². The van der Waals surface area contributed by atoms with Gasteiger partial charge in [0.15, 0.2) is 0 Å². The van der Waals surface area contributed by atoms with Gasteiger partial charge in [-0.15, -0.1) is 0 Å². The van der Waals surface area contributed by atoms with Crippen LogP contribution in [0.3, 0.4) is 0 Å². The lowest BCUT2D eigenvalue weighted by atomic mass is 9.83. The van der Waals surface area contributed by atoms with Crippen LogP contribution in [-0.2, 0) is 0 Å². The van der Waals surface area contributed by atoms with Crippen LogP contribution in [0.5, 0.6) is 0 Å². The highest BCUT2D eigenvalue weighted by atomic mass is 14.9. The van der Waals surface area contributed by atoms with Crippen molar-refractivity contribution >= 4 is 0 Å². The Kier molecular flexibility index (Phi) is 5.91. The molecule has 0 aliphatic heterocycles. The molecule has 1 atom stereocenters. The third-order valence-corrected chi connectivity index (χ3v) is 4.57. The largest absolute Gasteiger partial charge is 0.310 e. The van der Waals surface area contributed by atoms with E-state index in [0.717, 1.165) is 11.8 Å². The summed E-state index contributed by atoms with van der Waals surface area (Å²) in [6.07, 6.45) is 8.18. The maximum Gasteiger partial charge on any atom is 0.0320 e. The molecule has 1 N–H and O–H groups in total. The first kappa shape index (κ1) is 14.6. The highest BCUT2D eigenvalue weighted by Gasteiger charge is 2.19. The molecule has 1 fully saturated rings. The van der Waals surface area contributed by atoms with Gasteiger partial charge in [0, 0.05) is 6.04 Å². The second kappa shape index (κ2) is 7.69. The van der Waals surface area contributed by atoms with Gasteiger partial charge >= 0.3 is 0 Å². The maximum atomic E-state index is 3.82. The van der Waals surface area contributed by atoms with Crippen LogP contribution in [0.2, 0.25) is 0 Å². The van der Waals surface area contributed by atoms with Crippen molar-refractivity contribution in [3.05, 3.63) is 35.9 Å². The van der Waals surface area contributed by atoms with Crippen LogP contribution in [0.4, 0.5) is 0 Å². The van der Waals surface area contributed by atoms with Gasteiger partial charge in [-0.3, -0.25) is 0 Å². The van der Waals surface area contributed by atoms with E-state index in [1.165, 1.54) is 50.6 Å². The van der Waals surface area contributed by atoms with Gasteiger partial charge in [-0.1, -0.05) is 63.4 Å².